The fraction of sp³-hybridized carbons (Fsp3) is 0.375. The van der Waals surface area contributed by atoms with Gasteiger partial charge in [0, 0.05) is 18.1 Å². The van der Waals surface area contributed by atoms with Crippen LogP contribution in [-0.2, 0) is 0 Å². The molecule has 0 amide bonds. The lowest BCUT2D eigenvalue weighted by Crippen LogP contribution is -2.17. The van der Waals surface area contributed by atoms with Crippen LogP contribution in [0.3, 0.4) is 0 Å². The molecule has 0 spiro atoms. The van der Waals surface area contributed by atoms with Gasteiger partial charge in [-0.1, -0.05) is 22.0 Å². The topological polar surface area (TPSA) is 37.5 Å². The van der Waals surface area contributed by atoms with Crippen LogP contribution in [0.15, 0.2) is 29.4 Å². The van der Waals surface area contributed by atoms with Gasteiger partial charge < -0.3 is 5.21 Å². The molecule has 0 aromatic carbocycles. The van der Waals surface area contributed by atoms with Gasteiger partial charge in [0.05, 0.1) is 0 Å². The van der Waals surface area contributed by atoms with Crippen molar-refractivity contribution in [3.05, 3.63) is 29.9 Å². The molecule has 5 heteroatoms. The van der Waals surface area contributed by atoms with E-state index in [1.54, 1.807) is 18.3 Å². The highest BCUT2D eigenvalue weighted by Gasteiger charge is 1.85. The van der Waals surface area contributed by atoms with Crippen LogP contribution < -0.4 is 5.49 Å². The van der Waals surface area contributed by atoms with E-state index in [0.29, 0.717) is 5.49 Å². The molecule has 0 saturated heterocycles. The first-order valence-corrected chi connectivity index (χ1v) is 4.90. The van der Waals surface area contributed by atoms with Crippen molar-refractivity contribution in [2.75, 3.05) is 11.9 Å². The van der Waals surface area contributed by atoms with Crippen LogP contribution in [-0.4, -0.2) is 21.8 Å². The lowest BCUT2D eigenvalue weighted by atomic mass is 10.5. The summed E-state index contributed by atoms with van der Waals surface area (Å²) in [6.07, 6.45) is 2.54. The van der Waals surface area contributed by atoms with Gasteiger partial charge in [-0.3, -0.25) is 4.99 Å². The van der Waals surface area contributed by atoms with Gasteiger partial charge in [-0.05, 0) is 18.6 Å². The van der Waals surface area contributed by atoms with Crippen LogP contribution in [0, 0.1) is 0 Å². The molecule has 0 aliphatic rings. The average Bonchev–Trinajstić information content (AvgIpc) is 2.09. The van der Waals surface area contributed by atoms with Gasteiger partial charge in [0.2, 0.25) is 0 Å². The number of halogens is 2. The van der Waals surface area contributed by atoms with E-state index in [4.69, 9.17) is 0 Å². The number of aromatic nitrogens is 1. The molecule has 0 radical (unpaired) electrons. The van der Waals surface area contributed by atoms with Gasteiger partial charge in [-0.25, -0.2) is 0 Å². The van der Waals surface area contributed by atoms with Crippen molar-refractivity contribution in [1.29, 1.82) is 0 Å². The molecule has 3 nitrogen and oxygen atoms in total. The summed E-state index contributed by atoms with van der Waals surface area (Å²) in [6, 6.07) is 5.37. The predicted octanol–water partition coefficient (Wildman–Crippen LogP) is 1.99. The zero-order valence-electron chi connectivity index (χ0n) is 7.06. The van der Waals surface area contributed by atoms with Crippen LogP contribution in [0.5, 0.6) is 0 Å². The molecule has 1 rings (SSSR count). The van der Waals surface area contributed by atoms with Crippen LogP contribution >= 0.6 is 32.9 Å². The molecular weight excluding hydrogens is 300 g/mol. The molecule has 13 heavy (non-hydrogen) atoms. The van der Waals surface area contributed by atoms with Gasteiger partial charge in [-0.15, -0.1) is 17.0 Å². The summed E-state index contributed by atoms with van der Waals surface area (Å²) in [5.41, 5.74) is 0.596. The molecule has 0 atom stereocenters. The highest BCUT2D eigenvalue weighted by Crippen LogP contribution is 1.86. The second-order valence-corrected chi connectivity index (χ2v) is 3.12. The Bertz CT molecular complexity index is 298. The summed E-state index contributed by atoms with van der Waals surface area (Å²) >= 11 is 3.31. The van der Waals surface area contributed by atoms with E-state index in [1.807, 2.05) is 6.07 Å². The van der Waals surface area contributed by atoms with Crippen LogP contribution in [0.4, 0.5) is 0 Å². The zero-order valence-corrected chi connectivity index (χ0v) is 10.4. The molecule has 1 N–H and O–H groups in total. The minimum atomic E-state index is 0. The minimum absolute atomic E-state index is 0. The van der Waals surface area contributed by atoms with Crippen molar-refractivity contribution in [2.24, 2.45) is 4.99 Å². The van der Waals surface area contributed by atoms with E-state index < -0.39 is 0 Å². The van der Waals surface area contributed by atoms with Crippen LogP contribution in [0.25, 0.3) is 0 Å². The summed E-state index contributed by atoms with van der Waals surface area (Å²) in [5.74, 6) is 0. The molecule has 1 aromatic heterocycles. The average molecular weight is 312 g/mol. The minimum Gasteiger partial charge on any atom is -0.427 e. The molecular formula is C8H12Br2N2O. The normalized spacial score (nSPS) is 11.0. The van der Waals surface area contributed by atoms with Gasteiger partial charge in [-0.2, -0.15) is 4.73 Å². The van der Waals surface area contributed by atoms with Crippen LogP contribution in [0.1, 0.15) is 6.42 Å². The number of hydrogen-bond acceptors (Lipinski definition) is 2. The molecule has 0 aliphatic carbocycles. The van der Waals surface area contributed by atoms with E-state index in [2.05, 4.69) is 20.9 Å². The van der Waals surface area contributed by atoms with Crippen molar-refractivity contribution in [1.82, 2.24) is 4.73 Å². The fourth-order valence-corrected chi connectivity index (χ4v) is 1.05. The van der Waals surface area contributed by atoms with E-state index in [1.165, 1.54) is 0 Å². The summed E-state index contributed by atoms with van der Waals surface area (Å²) in [6.45, 7) is 0.732. The predicted molar refractivity (Wildman–Crippen MR) is 60.8 cm³/mol. The van der Waals surface area contributed by atoms with E-state index in [0.717, 1.165) is 23.0 Å². The largest absolute Gasteiger partial charge is 0.427 e. The summed E-state index contributed by atoms with van der Waals surface area (Å²) in [7, 11) is 0. The molecule has 0 saturated carbocycles. The Labute approximate surface area is 96.0 Å². The number of nitrogens with zero attached hydrogens (tertiary/aromatic N) is 2. The SMILES string of the molecule is Br.On1ccccc1=NCCCBr. The Hall–Kier alpha value is -0.290. The van der Waals surface area contributed by atoms with Gasteiger partial charge >= 0.3 is 0 Å². The van der Waals surface area contributed by atoms with Crippen molar-refractivity contribution < 1.29 is 5.21 Å². The third-order valence-corrected chi connectivity index (χ3v) is 1.94. The maximum absolute atomic E-state index is 9.22. The maximum atomic E-state index is 9.22. The van der Waals surface area contributed by atoms with Gasteiger partial charge in [0.1, 0.15) is 0 Å². The molecule has 0 aliphatic heterocycles. The first-order valence-electron chi connectivity index (χ1n) is 3.78. The van der Waals surface area contributed by atoms with Crippen molar-refractivity contribution in [3.8, 4) is 0 Å². The zero-order chi connectivity index (χ0) is 8.81. The van der Waals surface area contributed by atoms with Crippen molar-refractivity contribution >= 4 is 32.9 Å². The first-order chi connectivity index (χ1) is 5.84. The first kappa shape index (κ1) is 12.7. The highest BCUT2D eigenvalue weighted by molar-refractivity contribution is 9.09. The Morgan fingerprint density at radius 3 is 2.85 bits per heavy atom. The number of pyridine rings is 1. The van der Waals surface area contributed by atoms with E-state index in [-0.39, 0.29) is 17.0 Å². The van der Waals surface area contributed by atoms with E-state index in [9.17, 15) is 5.21 Å². The second kappa shape index (κ2) is 7.15. The quantitative estimate of drug-likeness (QED) is 0.517. The lowest BCUT2D eigenvalue weighted by molar-refractivity contribution is 0.171. The fourth-order valence-electron chi connectivity index (χ4n) is 0.804. The molecule has 0 fully saturated rings. The van der Waals surface area contributed by atoms with Gasteiger partial charge in [0.25, 0.3) is 0 Å². The third kappa shape index (κ3) is 4.47. The van der Waals surface area contributed by atoms with Crippen molar-refractivity contribution in [3.63, 3.8) is 0 Å². The Morgan fingerprint density at radius 2 is 2.23 bits per heavy atom. The van der Waals surface area contributed by atoms with Gasteiger partial charge in [0.15, 0.2) is 5.49 Å². The van der Waals surface area contributed by atoms with Crippen molar-refractivity contribution in [2.45, 2.75) is 6.42 Å². The summed E-state index contributed by atoms with van der Waals surface area (Å²) in [4.78, 5) is 4.18. The maximum Gasteiger partial charge on any atom is 0.163 e. The number of hydrogen-bond donors (Lipinski definition) is 1. The standard InChI is InChI=1S/C8H11BrN2O.BrH/c9-5-3-6-10-8-4-1-2-7-11(8)12;/h1-2,4,7,12H,3,5-6H2;1H. The molecule has 1 aromatic rings. The molecule has 0 bridgehead atoms. The smallest absolute Gasteiger partial charge is 0.163 e. The summed E-state index contributed by atoms with van der Waals surface area (Å²) in [5, 5.41) is 10.2. The third-order valence-electron chi connectivity index (χ3n) is 1.38. The lowest BCUT2D eigenvalue weighted by Gasteiger charge is -1.96. The Morgan fingerprint density at radius 1 is 1.46 bits per heavy atom. The Balaban J connectivity index is 0.00000144. The molecule has 0 unspecified atom stereocenters. The monoisotopic (exact) mass is 310 g/mol. The number of rotatable bonds is 3. The second-order valence-electron chi connectivity index (χ2n) is 2.33. The highest BCUT2D eigenvalue weighted by atomic mass is 79.9. The molecule has 1 heterocycles. The van der Waals surface area contributed by atoms with Crippen LogP contribution in [0.2, 0.25) is 0 Å². The Kier molecular flexibility index (Phi) is 6.99. The number of alkyl halides is 1. The summed E-state index contributed by atoms with van der Waals surface area (Å²) < 4.78 is 1.02. The van der Waals surface area contributed by atoms with E-state index >= 15 is 0 Å². The molecule has 74 valence electrons.